The summed E-state index contributed by atoms with van der Waals surface area (Å²) in [6.07, 6.45) is -4.46. The lowest BCUT2D eigenvalue weighted by Crippen LogP contribution is -2.34. The van der Waals surface area contributed by atoms with Crippen molar-refractivity contribution in [3.63, 3.8) is 0 Å². The summed E-state index contributed by atoms with van der Waals surface area (Å²) in [6, 6.07) is 4.09. The molecule has 1 saturated heterocycles. The number of nitriles is 1. The van der Waals surface area contributed by atoms with Crippen molar-refractivity contribution < 1.29 is 23.1 Å². The largest absolute Gasteiger partial charge is 0.417 e. The highest BCUT2D eigenvalue weighted by Crippen LogP contribution is 2.56. The molecule has 1 aromatic carbocycles. The van der Waals surface area contributed by atoms with Gasteiger partial charge in [0.15, 0.2) is 0 Å². The summed E-state index contributed by atoms with van der Waals surface area (Å²) in [5.74, 6) is -0.342. The van der Waals surface area contributed by atoms with Crippen molar-refractivity contribution in [3.8, 4) is 6.07 Å². The number of aliphatic hydroxyl groups excluding tert-OH is 1. The maximum atomic E-state index is 13.0. The number of halogens is 3. The standard InChI is InChI=1S/C15H13F3N2O2/c1-8-12(21)14(4-5-14)13(22)20(8)10-3-2-9(7-19)11(6-10)15(16,17)18/h2-3,6,8,12,21H,4-5H2,1H3/t8-,12-/m0/s1. The molecule has 1 N–H and O–H groups in total. The Kier molecular flexibility index (Phi) is 3.01. The predicted molar refractivity (Wildman–Crippen MR) is 70.8 cm³/mol. The first-order valence-electron chi connectivity index (χ1n) is 6.85. The van der Waals surface area contributed by atoms with Gasteiger partial charge in [-0.1, -0.05) is 0 Å². The third-order valence-corrected chi connectivity index (χ3v) is 4.57. The molecule has 0 radical (unpaired) electrons. The molecule has 0 aromatic heterocycles. The van der Waals surface area contributed by atoms with E-state index in [1.54, 1.807) is 6.92 Å². The Labute approximate surface area is 124 Å². The Balaban J connectivity index is 2.07. The average molecular weight is 310 g/mol. The van der Waals surface area contributed by atoms with Gasteiger partial charge < -0.3 is 10.0 Å². The van der Waals surface area contributed by atoms with Gasteiger partial charge in [-0.25, -0.2) is 0 Å². The summed E-state index contributed by atoms with van der Waals surface area (Å²) in [7, 11) is 0. The number of alkyl halides is 3. The van der Waals surface area contributed by atoms with Gasteiger partial charge in [0.2, 0.25) is 5.91 Å². The van der Waals surface area contributed by atoms with E-state index in [1.165, 1.54) is 17.0 Å². The average Bonchev–Trinajstić information content (AvgIpc) is 3.24. The van der Waals surface area contributed by atoms with E-state index in [1.807, 2.05) is 0 Å². The van der Waals surface area contributed by atoms with Crippen molar-refractivity contribution in [2.75, 3.05) is 4.90 Å². The summed E-state index contributed by atoms with van der Waals surface area (Å²) < 4.78 is 39.1. The normalized spacial score (nSPS) is 26.4. The summed E-state index contributed by atoms with van der Waals surface area (Å²) in [4.78, 5) is 13.7. The molecule has 0 unspecified atom stereocenters. The van der Waals surface area contributed by atoms with Crippen LogP contribution >= 0.6 is 0 Å². The number of carbonyl (C=O) groups excluding carboxylic acids is 1. The molecule has 1 amide bonds. The van der Waals surface area contributed by atoms with E-state index in [-0.39, 0.29) is 11.6 Å². The molecular weight excluding hydrogens is 297 g/mol. The molecule has 1 heterocycles. The Hall–Kier alpha value is -2.07. The van der Waals surface area contributed by atoms with E-state index in [9.17, 15) is 23.1 Å². The van der Waals surface area contributed by atoms with Gasteiger partial charge >= 0.3 is 6.18 Å². The van der Waals surface area contributed by atoms with Crippen molar-refractivity contribution in [1.82, 2.24) is 0 Å². The summed E-state index contributed by atoms with van der Waals surface area (Å²) in [6.45, 7) is 1.61. The molecular formula is C15H13F3N2O2. The van der Waals surface area contributed by atoms with Crippen molar-refractivity contribution in [3.05, 3.63) is 29.3 Å². The van der Waals surface area contributed by atoms with E-state index >= 15 is 0 Å². The molecule has 2 fully saturated rings. The Bertz CT molecular complexity index is 689. The lowest BCUT2D eigenvalue weighted by atomic mass is 9.99. The van der Waals surface area contributed by atoms with Gasteiger partial charge in [-0.2, -0.15) is 18.4 Å². The number of amides is 1. The summed E-state index contributed by atoms with van der Waals surface area (Å²) in [5, 5.41) is 19.0. The minimum atomic E-state index is -4.68. The number of benzene rings is 1. The highest BCUT2D eigenvalue weighted by atomic mass is 19.4. The van der Waals surface area contributed by atoms with Crippen LogP contribution in [0.15, 0.2) is 18.2 Å². The smallest absolute Gasteiger partial charge is 0.390 e. The van der Waals surface area contributed by atoms with E-state index in [0.717, 1.165) is 12.1 Å². The fraction of sp³-hybridized carbons (Fsp3) is 0.467. The minimum absolute atomic E-state index is 0.0617. The highest BCUT2D eigenvalue weighted by Gasteiger charge is 2.64. The van der Waals surface area contributed by atoms with E-state index in [0.29, 0.717) is 12.8 Å². The first-order chi connectivity index (χ1) is 10.2. The number of rotatable bonds is 1. The van der Waals surface area contributed by atoms with Gasteiger partial charge in [0.05, 0.1) is 34.8 Å². The molecule has 1 spiro atoms. The second-order valence-electron chi connectivity index (χ2n) is 5.86. The van der Waals surface area contributed by atoms with Crippen molar-refractivity contribution in [2.24, 2.45) is 5.41 Å². The van der Waals surface area contributed by atoms with E-state index in [2.05, 4.69) is 0 Å². The van der Waals surface area contributed by atoms with Crippen LogP contribution in [0.2, 0.25) is 0 Å². The quantitative estimate of drug-likeness (QED) is 0.866. The maximum absolute atomic E-state index is 13.0. The summed E-state index contributed by atoms with van der Waals surface area (Å²) >= 11 is 0. The van der Waals surface area contributed by atoms with Crippen LogP contribution in [0.1, 0.15) is 30.9 Å². The van der Waals surface area contributed by atoms with Gasteiger partial charge in [-0.15, -0.1) is 0 Å². The molecule has 1 aromatic rings. The van der Waals surface area contributed by atoms with Crippen LogP contribution < -0.4 is 4.90 Å². The molecule has 2 aliphatic rings. The topological polar surface area (TPSA) is 64.3 Å². The number of hydrogen-bond donors (Lipinski definition) is 1. The van der Waals surface area contributed by atoms with Crippen LogP contribution in [0.5, 0.6) is 0 Å². The predicted octanol–water partition coefficient (Wildman–Crippen LogP) is 2.45. The van der Waals surface area contributed by atoms with Crippen LogP contribution in [0.3, 0.4) is 0 Å². The molecule has 2 atom stereocenters. The first kappa shape index (κ1) is 14.9. The molecule has 22 heavy (non-hydrogen) atoms. The van der Waals surface area contributed by atoms with Gasteiger partial charge in [-0.05, 0) is 38.0 Å². The molecule has 3 rings (SSSR count). The van der Waals surface area contributed by atoms with E-state index in [4.69, 9.17) is 5.26 Å². The van der Waals surface area contributed by atoms with Crippen LogP contribution in [0.25, 0.3) is 0 Å². The van der Waals surface area contributed by atoms with Crippen molar-refractivity contribution in [2.45, 2.75) is 38.1 Å². The van der Waals surface area contributed by atoms with Gasteiger partial charge in [0, 0.05) is 5.69 Å². The third kappa shape index (κ3) is 1.91. The zero-order chi connectivity index (χ0) is 16.3. The summed E-state index contributed by atoms with van der Waals surface area (Å²) in [5.41, 5.74) is -2.33. The van der Waals surface area contributed by atoms with E-state index < -0.39 is 34.9 Å². The van der Waals surface area contributed by atoms with Gasteiger partial charge in [0.1, 0.15) is 0 Å². The van der Waals surface area contributed by atoms with Crippen LogP contribution in [-0.2, 0) is 11.0 Å². The fourth-order valence-corrected chi connectivity index (χ4v) is 3.17. The number of nitrogens with zero attached hydrogens (tertiary/aromatic N) is 2. The Morgan fingerprint density at radius 1 is 1.41 bits per heavy atom. The fourth-order valence-electron chi connectivity index (χ4n) is 3.17. The van der Waals surface area contributed by atoms with Crippen LogP contribution in [0.4, 0.5) is 18.9 Å². The SMILES string of the molecule is C[C@H]1[C@H](O)C2(CC2)C(=O)N1c1ccc(C#N)c(C(F)(F)F)c1. The van der Waals surface area contributed by atoms with Gasteiger partial charge in [-0.3, -0.25) is 4.79 Å². The second-order valence-corrected chi connectivity index (χ2v) is 5.86. The zero-order valence-electron chi connectivity index (χ0n) is 11.7. The zero-order valence-corrected chi connectivity index (χ0v) is 11.7. The number of anilines is 1. The van der Waals surface area contributed by atoms with Crippen molar-refractivity contribution >= 4 is 11.6 Å². The van der Waals surface area contributed by atoms with Crippen molar-refractivity contribution in [1.29, 1.82) is 5.26 Å². The molecule has 116 valence electrons. The number of carbonyl (C=O) groups is 1. The Morgan fingerprint density at radius 2 is 2.05 bits per heavy atom. The number of hydrogen-bond acceptors (Lipinski definition) is 3. The van der Waals surface area contributed by atoms with Crippen LogP contribution in [0, 0.1) is 16.7 Å². The molecule has 0 bridgehead atoms. The molecule has 1 aliphatic carbocycles. The number of aliphatic hydroxyl groups is 1. The molecule has 7 heteroatoms. The minimum Gasteiger partial charge on any atom is -0.390 e. The second kappa shape index (κ2) is 4.46. The first-order valence-corrected chi connectivity index (χ1v) is 6.85. The lowest BCUT2D eigenvalue weighted by molar-refractivity contribution is -0.137. The Morgan fingerprint density at radius 3 is 2.50 bits per heavy atom. The molecule has 4 nitrogen and oxygen atoms in total. The molecule has 1 aliphatic heterocycles. The third-order valence-electron chi connectivity index (χ3n) is 4.57. The highest BCUT2D eigenvalue weighted by molar-refractivity contribution is 6.03. The lowest BCUT2D eigenvalue weighted by Gasteiger charge is -2.24. The monoisotopic (exact) mass is 310 g/mol. The maximum Gasteiger partial charge on any atom is 0.417 e. The van der Waals surface area contributed by atoms with Crippen LogP contribution in [-0.4, -0.2) is 23.2 Å². The van der Waals surface area contributed by atoms with Gasteiger partial charge in [0.25, 0.3) is 0 Å². The molecule has 1 saturated carbocycles.